The summed E-state index contributed by atoms with van der Waals surface area (Å²) in [5.74, 6) is 1.56. The van der Waals surface area contributed by atoms with Crippen molar-refractivity contribution in [3.05, 3.63) is 46.5 Å². The number of methoxy groups -OCH3 is 1. The maximum absolute atomic E-state index is 6.29. The summed E-state index contributed by atoms with van der Waals surface area (Å²) in [7, 11) is 1.57. The van der Waals surface area contributed by atoms with E-state index in [1.165, 1.54) is 11.0 Å². The predicted molar refractivity (Wildman–Crippen MR) is 98.8 cm³/mol. The first kappa shape index (κ1) is 17.9. The quantitative estimate of drug-likeness (QED) is 0.619. The molecular formula is C17H19ClN6O2. The minimum Gasteiger partial charge on any atom is -0.493 e. The average Bonchev–Trinajstić information content (AvgIpc) is 3.20. The second-order valence-corrected chi connectivity index (χ2v) is 5.93. The van der Waals surface area contributed by atoms with Gasteiger partial charge < -0.3 is 9.47 Å². The van der Waals surface area contributed by atoms with E-state index in [0.29, 0.717) is 29.1 Å². The molecule has 0 fully saturated rings. The van der Waals surface area contributed by atoms with Crippen LogP contribution in [0.3, 0.4) is 0 Å². The van der Waals surface area contributed by atoms with E-state index in [-0.39, 0.29) is 0 Å². The summed E-state index contributed by atoms with van der Waals surface area (Å²) in [6.45, 7) is 6.25. The van der Waals surface area contributed by atoms with Crippen molar-refractivity contribution in [3.8, 4) is 17.4 Å². The van der Waals surface area contributed by atoms with Gasteiger partial charge in [0.2, 0.25) is 0 Å². The summed E-state index contributed by atoms with van der Waals surface area (Å²) in [5, 5.41) is 17.3. The number of aryl methyl sites for hydroxylation is 2. The molecule has 0 aliphatic rings. The van der Waals surface area contributed by atoms with E-state index in [2.05, 4.69) is 20.4 Å². The first-order valence-corrected chi connectivity index (χ1v) is 8.39. The Morgan fingerprint density at radius 2 is 2.08 bits per heavy atom. The number of benzene rings is 1. The third-order valence-corrected chi connectivity index (χ3v) is 3.86. The molecule has 26 heavy (non-hydrogen) atoms. The minimum atomic E-state index is 0.454. The highest BCUT2D eigenvalue weighted by atomic mass is 35.5. The van der Waals surface area contributed by atoms with E-state index in [1.807, 2.05) is 26.8 Å². The fraction of sp³-hybridized carbons (Fsp3) is 0.294. The molecule has 0 amide bonds. The van der Waals surface area contributed by atoms with Crippen LogP contribution in [0.4, 0.5) is 0 Å². The molecule has 3 rings (SSSR count). The largest absolute Gasteiger partial charge is 0.493 e. The number of hydrogen-bond donors (Lipinski definition) is 0. The Kier molecular flexibility index (Phi) is 5.22. The van der Waals surface area contributed by atoms with Crippen molar-refractivity contribution in [2.45, 2.75) is 20.8 Å². The normalized spacial score (nSPS) is 11.3. The van der Waals surface area contributed by atoms with Crippen LogP contribution in [-0.2, 0) is 0 Å². The lowest BCUT2D eigenvalue weighted by Crippen LogP contribution is -2.06. The second kappa shape index (κ2) is 7.57. The Hall–Kier alpha value is -2.87. The van der Waals surface area contributed by atoms with E-state index in [1.54, 1.807) is 30.1 Å². The van der Waals surface area contributed by atoms with Gasteiger partial charge >= 0.3 is 0 Å². The Morgan fingerprint density at radius 1 is 1.27 bits per heavy atom. The molecule has 0 saturated heterocycles. The lowest BCUT2D eigenvalue weighted by atomic mass is 10.2. The van der Waals surface area contributed by atoms with Crippen molar-refractivity contribution >= 4 is 17.8 Å². The number of rotatable bonds is 6. The van der Waals surface area contributed by atoms with E-state index in [4.69, 9.17) is 21.1 Å². The Labute approximate surface area is 156 Å². The lowest BCUT2D eigenvalue weighted by molar-refractivity contribution is 0.311. The Morgan fingerprint density at radius 3 is 2.73 bits per heavy atom. The van der Waals surface area contributed by atoms with Gasteiger partial charge in [0.05, 0.1) is 30.6 Å². The summed E-state index contributed by atoms with van der Waals surface area (Å²) in [4.78, 5) is 0. The van der Waals surface area contributed by atoms with Gasteiger partial charge in [-0.25, -0.2) is 4.68 Å². The molecule has 0 aliphatic carbocycles. The molecule has 1 aromatic carbocycles. The van der Waals surface area contributed by atoms with E-state index >= 15 is 0 Å². The van der Waals surface area contributed by atoms with E-state index < -0.39 is 0 Å². The van der Waals surface area contributed by atoms with Crippen LogP contribution in [0.15, 0.2) is 29.6 Å². The number of ether oxygens (including phenoxy) is 2. The fourth-order valence-electron chi connectivity index (χ4n) is 2.50. The molecule has 0 N–H and O–H groups in total. The maximum Gasteiger partial charge on any atom is 0.273 e. The zero-order valence-electron chi connectivity index (χ0n) is 15.0. The highest BCUT2D eigenvalue weighted by Gasteiger charge is 2.12. The van der Waals surface area contributed by atoms with Gasteiger partial charge in [0.1, 0.15) is 6.33 Å². The van der Waals surface area contributed by atoms with Crippen LogP contribution in [0.2, 0.25) is 5.02 Å². The molecule has 0 unspecified atom stereocenters. The third-order valence-electron chi connectivity index (χ3n) is 3.58. The van der Waals surface area contributed by atoms with Crippen LogP contribution >= 0.6 is 11.6 Å². The summed E-state index contributed by atoms with van der Waals surface area (Å²) < 4.78 is 14.1. The summed E-state index contributed by atoms with van der Waals surface area (Å²) in [6, 6.07) is 5.51. The van der Waals surface area contributed by atoms with Crippen molar-refractivity contribution in [2.75, 3.05) is 13.7 Å². The molecule has 0 aliphatic heterocycles. The van der Waals surface area contributed by atoms with Crippen LogP contribution in [0.1, 0.15) is 23.9 Å². The summed E-state index contributed by atoms with van der Waals surface area (Å²) in [6.07, 6.45) is 3.15. The van der Waals surface area contributed by atoms with Gasteiger partial charge in [-0.05, 0) is 44.5 Å². The van der Waals surface area contributed by atoms with Gasteiger partial charge in [0.25, 0.3) is 5.95 Å². The van der Waals surface area contributed by atoms with Gasteiger partial charge in [-0.3, -0.25) is 0 Å². The fourth-order valence-corrected chi connectivity index (χ4v) is 2.78. The number of nitrogens with zero attached hydrogens (tertiary/aromatic N) is 6. The van der Waals surface area contributed by atoms with Gasteiger partial charge in [0.15, 0.2) is 11.5 Å². The average molecular weight is 375 g/mol. The van der Waals surface area contributed by atoms with Crippen LogP contribution in [-0.4, -0.2) is 44.6 Å². The second-order valence-electron chi connectivity index (χ2n) is 5.53. The number of halogens is 1. The molecule has 3 aromatic rings. The first-order valence-electron chi connectivity index (χ1n) is 8.01. The van der Waals surface area contributed by atoms with E-state index in [0.717, 1.165) is 17.0 Å². The molecule has 0 radical (unpaired) electrons. The van der Waals surface area contributed by atoms with Crippen molar-refractivity contribution in [1.29, 1.82) is 0 Å². The molecule has 0 spiro atoms. The Balaban J connectivity index is 1.93. The van der Waals surface area contributed by atoms with Crippen LogP contribution in [0.5, 0.6) is 11.5 Å². The first-order chi connectivity index (χ1) is 12.5. The van der Waals surface area contributed by atoms with Gasteiger partial charge in [-0.15, -0.1) is 10.2 Å². The topological polar surface area (TPSA) is 79.4 Å². The smallest absolute Gasteiger partial charge is 0.273 e. The van der Waals surface area contributed by atoms with Crippen LogP contribution in [0, 0.1) is 13.8 Å². The van der Waals surface area contributed by atoms with Gasteiger partial charge in [-0.1, -0.05) is 11.6 Å². The Bertz CT molecular complexity index is 947. The molecule has 2 aromatic heterocycles. The maximum atomic E-state index is 6.29. The number of aromatic nitrogens is 5. The predicted octanol–water partition coefficient (Wildman–Crippen LogP) is 3.02. The molecular weight excluding hydrogens is 356 g/mol. The molecule has 0 bridgehead atoms. The van der Waals surface area contributed by atoms with Crippen molar-refractivity contribution < 1.29 is 9.47 Å². The van der Waals surface area contributed by atoms with Crippen LogP contribution in [0.25, 0.3) is 5.95 Å². The summed E-state index contributed by atoms with van der Waals surface area (Å²) >= 11 is 6.29. The van der Waals surface area contributed by atoms with Gasteiger partial charge in [0, 0.05) is 5.69 Å². The SMILES string of the molecule is CCOc1c(Cl)cc(/C=N\n2cnnc2-n2nc(C)cc2C)cc1OC. The van der Waals surface area contributed by atoms with Gasteiger partial charge in [-0.2, -0.15) is 14.9 Å². The van der Waals surface area contributed by atoms with Crippen molar-refractivity contribution in [2.24, 2.45) is 5.10 Å². The molecule has 0 saturated carbocycles. The third kappa shape index (κ3) is 3.55. The van der Waals surface area contributed by atoms with E-state index in [9.17, 15) is 0 Å². The molecule has 9 heteroatoms. The van der Waals surface area contributed by atoms with Crippen LogP contribution < -0.4 is 9.47 Å². The lowest BCUT2D eigenvalue weighted by Gasteiger charge is -2.11. The van der Waals surface area contributed by atoms with Crippen molar-refractivity contribution in [1.82, 2.24) is 24.7 Å². The molecule has 8 nitrogen and oxygen atoms in total. The molecule has 136 valence electrons. The highest BCUT2D eigenvalue weighted by molar-refractivity contribution is 6.32. The zero-order valence-corrected chi connectivity index (χ0v) is 15.7. The monoisotopic (exact) mass is 374 g/mol. The zero-order chi connectivity index (χ0) is 18.7. The number of hydrogen-bond acceptors (Lipinski definition) is 6. The minimum absolute atomic E-state index is 0.454. The molecule has 0 atom stereocenters. The summed E-state index contributed by atoms with van der Waals surface area (Å²) in [5.41, 5.74) is 2.59. The molecule has 2 heterocycles. The standard InChI is InChI=1S/C17H19ClN6O2/c1-5-26-16-14(18)7-13(8-15(16)25-4)9-20-23-10-19-21-17(23)24-12(3)6-11(2)22-24/h6-10H,5H2,1-4H3/b20-9-. The van der Waals surface area contributed by atoms with Crippen molar-refractivity contribution in [3.63, 3.8) is 0 Å². The highest BCUT2D eigenvalue weighted by Crippen LogP contribution is 2.36.